The smallest absolute Gasteiger partial charge is 0.333 e. The second-order valence-corrected chi connectivity index (χ2v) is 24.3. The third-order valence-corrected chi connectivity index (χ3v) is 18.5. The van der Waals surface area contributed by atoms with Crippen molar-refractivity contribution in [2.75, 3.05) is 0 Å². The summed E-state index contributed by atoms with van der Waals surface area (Å²) >= 11 is 0. The van der Waals surface area contributed by atoms with Gasteiger partial charge < -0.3 is 18.2 Å². The molecule has 4 nitrogen and oxygen atoms in total. The van der Waals surface area contributed by atoms with Crippen LogP contribution in [0.2, 0.25) is 0 Å². The maximum Gasteiger partial charge on any atom is 0.333 e. The minimum absolute atomic E-state index is 0.0465. The monoisotopic (exact) mass is 970 g/mol. The van der Waals surface area contributed by atoms with Crippen LogP contribution in [0.25, 0.3) is 132 Å². The largest absolute Gasteiger partial charge is 0.374 e. The zero-order valence-electron chi connectivity index (χ0n) is 43.4. The van der Waals surface area contributed by atoms with Gasteiger partial charge in [0, 0.05) is 65.8 Å². The van der Waals surface area contributed by atoms with Gasteiger partial charge in [0.25, 0.3) is 0 Å². The van der Waals surface area contributed by atoms with Crippen LogP contribution in [0.4, 0.5) is 0 Å². The zero-order valence-corrected chi connectivity index (χ0v) is 43.4. The molecule has 0 saturated carbocycles. The molecule has 0 N–H and O–H groups in total. The van der Waals surface area contributed by atoms with Crippen LogP contribution in [0.1, 0.15) is 69.8 Å². The highest BCUT2D eigenvalue weighted by Gasteiger charge is 2.46. The number of para-hydroxylation sites is 5. The molecule has 8 heterocycles. The average molecular weight is 971 g/mol. The van der Waals surface area contributed by atoms with Crippen molar-refractivity contribution >= 4 is 94.2 Å². The highest BCUT2D eigenvalue weighted by Crippen LogP contribution is 2.58. The summed E-state index contributed by atoms with van der Waals surface area (Å²) in [6, 6.07) is 75.3. The molecule has 0 radical (unpaired) electrons. The van der Waals surface area contributed by atoms with Gasteiger partial charge in [-0.3, -0.25) is 0 Å². The van der Waals surface area contributed by atoms with E-state index in [2.05, 4.69) is 254 Å². The lowest BCUT2D eigenvalue weighted by molar-refractivity contribution is 0.590. The normalized spacial score (nSPS) is 14.8. The lowest BCUT2D eigenvalue weighted by Gasteiger charge is -2.37. The number of hydrogen-bond donors (Lipinski definition) is 0. The van der Waals surface area contributed by atoms with E-state index in [1.165, 1.54) is 166 Å². The molecule has 4 aromatic heterocycles. The Morgan fingerprint density at radius 2 is 0.921 bits per heavy atom. The van der Waals surface area contributed by atoms with E-state index in [0.717, 1.165) is 0 Å². The minimum Gasteiger partial charge on any atom is -0.374 e. The quantitative estimate of drug-likeness (QED) is 0.154. The molecule has 0 saturated heterocycles. The molecule has 18 rings (SSSR count). The number of hydrogen-bond acceptors (Lipinski definition) is 0. The standard InChI is InChI=1S/C71H51BN4/c1-70(2,3)41-31-27-39(28-32-41)43-37-38-58-62-59(43)50-20-12-22-52-64(50)76(72(62)54-23-13-18-48-46-16-8-10-25-56(46)74(58)65(48)54)69-53-36-35-44(40-29-33-42(34-30-40)71(4,5)6)60-49-19-14-26-57-61(49)67(75(66(53)60)68(52)69)51-21-11-17-47-45-15-7-9-24-55(45)73(57)63(47)51/h7-38,67H,1-6H3. The maximum atomic E-state index is 2.83. The summed E-state index contributed by atoms with van der Waals surface area (Å²) in [5.74, 6) is 0. The first-order chi connectivity index (χ1) is 37.0. The Bertz CT molecular complexity index is 5000. The van der Waals surface area contributed by atoms with Gasteiger partial charge in [-0.15, -0.1) is 0 Å². The van der Waals surface area contributed by atoms with Crippen LogP contribution in [0.15, 0.2) is 194 Å². The van der Waals surface area contributed by atoms with Crippen LogP contribution in [-0.4, -0.2) is 25.0 Å². The van der Waals surface area contributed by atoms with E-state index in [-0.39, 0.29) is 23.7 Å². The van der Waals surface area contributed by atoms with Gasteiger partial charge in [0.05, 0.1) is 50.3 Å². The highest BCUT2D eigenvalue weighted by molar-refractivity contribution is 6.90. The Morgan fingerprint density at radius 1 is 0.368 bits per heavy atom. The molecule has 0 fully saturated rings. The summed E-state index contributed by atoms with van der Waals surface area (Å²) in [6.07, 6.45) is 0. The molecule has 0 amide bonds. The predicted octanol–water partition coefficient (Wildman–Crippen LogP) is 16.8. The molecule has 76 heavy (non-hydrogen) atoms. The van der Waals surface area contributed by atoms with Crippen molar-refractivity contribution in [3.63, 3.8) is 0 Å². The second-order valence-electron chi connectivity index (χ2n) is 24.3. The van der Waals surface area contributed by atoms with Gasteiger partial charge in [-0.25, -0.2) is 0 Å². The summed E-state index contributed by atoms with van der Waals surface area (Å²) in [6.45, 7) is 13.8. The second kappa shape index (κ2) is 13.7. The molecule has 4 aliphatic rings. The first-order valence-electron chi connectivity index (χ1n) is 27.3. The van der Waals surface area contributed by atoms with Gasteiger partial charge in [-0.1, -0.05) is 211 Å². The number of nitrogens with zero attached hydrogens (tertiary/aromatic N) is 4. The van der Waals surface area contributed by atoms with Crippen LogP contribution < -0.4 is 10.9 Å². The van der Waals surface area contributed by atoms with Crippen molar-refractivity contribution in [3.05, 3.63) is 216 Å². The fourth-order valence-electron chi connectivity index (χ4n) is 15.3. The molecule has 0 spiro atoms. The summed E-state index contributed by atoms with van der Waals surface area (Å²) in [7, 11) is 0. The first kappa shape index (κ1) is 41.5. The minimum atomic E-state index is -0.0997. The lowest BCUT2D eigenvalue weighted by atomic mass is 9.45. The van der Waals surface area contributed by atoms with Crippen molar-refractivity contribution in [3.8, 4) is 55.9 Å². The van der Waals surface area contributed by atoms with Gasteiger partial charge in [0.2, 0.25) is 0 Å². The van der Waals surface area contributed by atoms with Gasteiger partial charge in [-0.2, -0.15) is 0 Å². The molecule has 10 aromatic carbocycles. The molecule has 0 bridgehead atoms. The molecular formula is C71H51BN4. The highest BCUT2D eigenvalue weighted by atomic mass is 15.1. The Kier molecular flexibility index (Phi) is 7.50. The summed E-state index contributed by atoms with van der Waals surface area (Å²) < 4.78 is 10.8. The number of rotatable bonds is 2. The van der Waals surface area contributed by atoms with Crippen LogP contribution in [0.3, 0.4) is 0 Å². The van der Waals surface area contributed by atoms with Crippen molar-refractivity contribution in [1.82, 2.24) is 18.2 Å². The average Bonchev–Trinajstić information content (AvgIpc) is 3.20. The van der Waals surface area contributed by atoms with E-state index in [0.29, 0.717) is 0 Å². The van der Waals surface area contributed by atoms with E-state index >= 15 is 0 Å². The zero-order chi connectivity index (χ0) is 50.4. The molecule has 1 unspecified atom stereocenters. The van der Waals surface area contributed by atoms with Gasteiger partial charge in [0.1, 0.15) is 0 Å². The van der Waals surface area contributed by atoms with E-state index in [4.69, 9.17) is 0 Å². The topological polar surface area (TPSA) is 19.7 Å². The van der Waals surface area contributed by atoms with Gasteiger partial charge in [-0.05, 0) is 90.5 Å². The third kappa shape index (κ3) is 4.86. The Balaban J connectivity index is 1.03. The molecule has 0 aliphatic carbocycles. The molecule has 358 valence electrons. The fourth-order valence-corrected chi connectivity index (χ4v) is 15.3. The van der Waals surface area contributed by atoms with E-state index in [1.54, 1.807) is 0 Å². The van der Waals surface area contributed by atoms with E-state index < -0.39 is 0 Å². The molecular weight excluding hydrogens is 920 g/mol. The van der Waals surface area contributed by atoms with Crippen molar-refractivity contribution in [2.45, 2.75) is 58.4 Å². The van der Waals surface area contributed by atoms with E-state index in [1.807, 2.05) is 0 Å². The number of fused-ring (bicyclic) bond motifs is 19. The maximum absolute atomic E-state index is 2.83. The number of benzene rings is 10. The lowest BCUT2D eigenvalue weighted by Crippen LogP contribution is -2.55. The van der Waals surface area contributed by atoms with Crippen LogP contribution in [0, 0.1) is 0 Å². The predicted molar refractivity (Wildman–Crippen MR) is 320 cm³/mol. The summed E-state index contributed by atoms with van der Waals surface area (Å²) in [5.41, 5.74) is 31.5. The van der Waals surface area contributed by atoms with E-state index in [9.17, 15) is 0 Å². The Hall–Kier alpha value is -8.80. The Morgan fingerprint density at radius 3 is 1.62 bits per heavy atom. The van der Waals surface area contributed by atoms with Gasteiger partial charge in [0.15, 0.2) is 0 Å². The van der Waals surface area contributed by atoms with Crippen LogP contribution >= 0.6 is 0 Å². The fraction of sp³-hybridized carbons (Fsp3) is 0.127. The van der Waals surface area contributed by atoms with Gasteiger partial charge >= 0.3 is 6.85 Å². The molecule has 1 atom stereocenters. The molecule has 4 aliphatic heterocycles. The molecule has 14 aromatic rings. The summed E-state index contributed by atoms with van der Waals surface area (Å²) in [4.78, 5) is 0. The summed E-state index contributed by atoms with van der Waals surface area (Å²) in [5, 5.41) is 7.80. The van der Waals surface area contributed by atoms with Crippen LogP contribution in [-0.2, 0) is 10.8 Å². The Labute approximate surface area is 440 Å². The van der Waals surface area contributed by atoms with Crippen molar-refractivity contribution in [2.24, 2.45) is 0 Å². The number of aromatic nitrogens is 4. The van der Waals surface area contributed by atoms with Crippen LogP contribution in [0.5, 0.6) is 0 Å². The first-order valence-corrected chi connectivity index (χ1v) is 27.3. The molecule has 5 heteroatoms. The third-order valence-electron chi connectivity index (χ3n) is 18.5. The van der Waals surface area contributed by atoms with Crippen molar-refractivity contribution < 1.29 is 0 Å². The SMILES string of the molecule is CC(C)(C)c1ccc(-c2ccc3c4c2-c2cccc5c2n(c2c6ccc(-c7ccc(C(C)(C)C)cc7)c7c6n(c52)C2c5c-7cccc5-n5c6ccccc6c6cccc2c65)B4c2cccc4c5ccccc5n-3c24)cc1. The van der Waals surface area contributed by atoms with Crippen molar-refractivity contribution in [1.29, 1.82) is 0 Å².